The Morgan fingerprint density at radius 1 is 0.356 bits per heavy atom. The molecule has 0 saturated heterocycles. The molecule has 0 atom stereocenters. The largest absolute Gasteiger partial charge is 0.309 e. The summed E-state index contributed by atoms with van der Waals surface area (Å²) < 4.78 is 2.35. The van der Waals surface area contributed by atoms with Crippen molar-refractivity contribution in [2.75, 3.05) is 0 Å². The van der Waals surface area contributed by atoms with E-state index < -0.39 is 0 Å². The van der Waals surface area contributed by atoms with Crippen LogP contribution in [0.25, 0.3) is 83.2 Å². The van der Waals surface area contributed by atoms with Gasteiger partial charge in [-0.25, -0.2) is 15.0 Å². The Morgan fingerprint density at radius 2 is 0.911 bits per heavy atom. The van der Waals surface area contributed by atoms with E-state index in [-0.39, 0.29) is 0 Å². The van der Waals surface area contributed by atoms with Crippen LogP contribution in [0, 0.1) is 0 Å². The third kappa shape index (κ3) is 4.27. The molecular weight excluding hydrogens is 548 g/mol. The lowest BCUT2D eigenvalue weighted by Crippen LogP contribution is -2.00. The zero-order valence-electron chi connectivity index (χ0n) is 24.3. The van der Waals surface area contributed by atoms with Crippen molar-refractivity contribution in [1.29, 1.82) is 0 Å². The van der Waals surface area contributed by atoms with Crippen molar-refractivity contribution < 1.29 is 0 Å². The Bertz CT molecular complexity index is 2530. The summed E-state index contributed by atoms with van der Waals surface area (Å²) in [6, 6.07) is 55.1. The summed E-state index contributed by atoms with van der Waals surface area (Å²) in [4.78, 5) is 14.9. The Kier molecular flexibility index (Phi) is 5.78. The molecule has 210 valence electrons. The van der Waals surface area contributed by atoms with Crippen molar-refractivity contribution in [3.8, 4) is 39.9 Å². The van der Waals surface area contributed by atoms with Gasteiger partial charge in [-0.3, -0.25) is 0 Å². The van der Waals surface area contributed by atoms with Gasteiger partial charge in [0.2, 0.25) is 0 Å². The van der Waals surface area contributed by atoms with E-state index in [1.807, 2.05) is 30.3 Å². The SMILES string of the molecule is c1ccc(-c2nc(-c3ccc(-n4c5ccccc5c5c6ccccc6ccc54)cc3)nc(-c3ccc4ccccc4c3)n2)cc1. The molecule has 45 heavy (non-hydrogen) atoms. The highest BCUT2D eigenvalue weighted by atomic mass is 15.0. The Hall–Kier alpha value is -6.13. The van der Waals surface area contributed by atoms with Gasteiger partial charge in [0.1, 0.15) is 0 Å². The van der Waals surface area contributed by atoms with Gasteiger partial charge >= 0.3 is 0 Å². The molecule has 0 spiro atoms. The molecule has 9 aromatic rings. The Morgan fingerprint density at radius 3 is 1.69 bits per heavy atom. The first-order chi connectivity index (χ1) is 22.3. The number of fused-ring (bicyclic) bond motifs is 6. The first-order valence-corrected chi connectivity index (χ1v) is 15.1. The average molecular weight is 575 g/mol. The van der Waals surface area contributed by atoms with Crippen molar-refractivity contribution >= 4 is 43.4 Å². The van der Waals surface area contributed by atoms with Crippen molar-refractivity contribution in [3.63, 3.8) is 0 Å². The fraction of sp³-hybridized carbons (Fsp3) is 0. The normalized spacial score (nSPS) is 11.6. The first-order valence-electron chi connectivity index (χ1n) is 15.1. The predicted octanol–water partition coefficient (Wildman–Crippen LogP) is 10.3. The minimum Gasteiger partial charge on any atom is -0.309 e. The van der Waals surface area contributed by atoms with Gasteiger partial charge in [-0.15, -0.1) is 0 Å². The summed E-state index contributed by atoms with van der Waals surface area (Å²) in [6.07, 6.45) is 0. The van der Waals surface area contributed by atoms with Gasteiger partial charge in [0, 0.05) is 33.2 Å². The van der Waals surface area contributed by atoms with Crippen LogP contribution >= 0.6 is 0 Å². The molecular formula is C41H26N4. The minimum atomic E-state index is 0.645. The minimum absolute atomic E-state index is 0.645. The predicted molar refractivity (Wildman–Crippen MR) is 185 cm³/mol. The molecule has 2 heterocycles. The van der Waals surface area contributed by atoms with E-state index >= 15 is 0 Å². The lowest BCUT2D eigenvalue weighted by molar-refractivity contribution is 1.07. The second-order valence-electron chi connectivity index (χ2n) is 11.3. The number of hydrogen-bond donors (Lipinski definition) is 0. The van der Waals surface area contributed by atoms with E-state index in [0.717, 1.165) is 27.8 Å². The number of nitrogens with zero attached hydrogens (tertiary/aromatic N) is 4. The number of rotatable bonds is 4. The summed E-state index contributed by atoms with van der Waals surface area (Å²) in [6.45, 7) is 0. The fourth-order valence-corrected chi connectivity index (χ4v) is 6.46. The third-order valence-electron chi connectivity index (χ3n) is 8.62. The second kappa shape index (κ2) is 10.2. The molecule has 0 aliphatic carbocycles. The van der Waals surface area contributed by atoms with Gasteiger partial charge in [0.25, 0.3) is 0 Å². The zero-order valence-corrected chi connectivity index (χ0v) is 24.3. The highest BCUT2D eigenvalue weighted by Gasteiger charge is 2.16. The zero-order chi connectivity index (χ0) is 29.7. The van der Waals surface area contributed by atoms with E-state index in [0.29, 0.717) is 17.5 Å². The molecule has 0 bridgehead atoms. The number of aromatic nitrogens is 4. The van der Waals surface area contributed by atoms with Crippen LogP contribution in [0.1, 0.15) is 0 Å². The summed E-state index contributed by atoms with van der Waals surface area (Å²) in [5.74, 6) is 1.96. The number of benzene rings is 7. The molecule has 0 N–H and O–H groups in total. The molecule has 0 aliphatic rings. The number of hydrogen-bond acceptors (Lipinski definition) is 3. The Balaban J connectivity index is 1.20. The molecule has 0 unspecified atom stereocenters. The van der Waals surface area contributed by atoms with E-state index in [9.17, 15) is 0 Å². The lowest BCUT2D eigenvalue weighted by Gasteiger charge is -2.11. The molecule has 4 heteroatoms. The van der Waals surface area contributed by atoms with Crippen LogP contribution in [0.3, 0.4) is 0 Å². The highest BCUT2D eigenvalue weighted by Crippen LogP contribution is 2.37. The maximum absolute atomic E-state index is 5.00. The number of para-hydroxylation sites is 1. The van der Waals surface area contributed by atoms with Gasteiger partial charge < -0.3 is 4.57 Å². The van der Waals surface area contributed by atoms with Gasteiger partial charge in [0.15, 0.2) is 17.5 Å². The van der Waals surface area contributed by atoms with E-state index in [4.69, 9.17) is 15.0 Å². The quantitative estimate of drug-likeness (QED) is 0.210. The van der Waals surface area contributed by atoms with Gasteiger partial charge in [-0.2, -0.15) is 0 Å². The summed E-state index contributed by atoms with van der Waals surface area (Å²) >= 11 is 0. The summed E-state index contributed by atoms with van der Waals surface area (Å²) in [5, 5.41) is 7.38. The second-order valence-corrected chi connectivity index (χ2v) is 11.3. The summed E-state index contributed by atoms with van der Waals surface area (Å²) in [5.41, 5.74) is 6.31. The first kappa shape index (κ1) is 25.4. The monoisotopic (exact) mass is 574 g/mol. The van der Waals surface area contributed by atoms with Crippen LogP contribution in [0.5, 0.6) is 0 Å². The third-order valence-corrected chi connectivity index (χ3v) is 8.62. The van der Waals surface area contributed by atoms with E-state index in [2.05, 4.69) is 132 Å². The lowest BCUT2D eigenvalue weighted by atomic mass is 10.0. The van der Waals surface area contributed by atoms with Crippen molar-refractivity contribution in [1.82, 2.24) is 19.5 Å². The molecule has 9 rings (SSSR count). The fourth-order valence-electron chi connectivity index (χ4n) is 6.46. The molecule has 0 aliphatic heterocycles. The maximum Gasteiger partial charge on any atom is 0.164 e. The molecule has 2 aromatic heterocycles. The van der Waals surface area contributed by atoms with Crippen LogP contribution in [-0.4, -0.2) is 19.5 Å². The van der Waals surface area contributed by atoms with Gasteiger partial charge in [-0.05, 0) is 64.0 Å². The molecule has 0 fully saturated rings. The smallest absolute Gasteiger partial charge is 0.164 e. The van der Waals surface area contributed by atoms with E-state index in [1.165, 1.54) is 38.0 Å². The van der Waals surface area contributed by atoms with Crippen LogP contribution in [0.2, 0.25) is 0 Å². The van der Waals surface area contributed by atoms with Crippen LogP contribution in [0.4, 0.5) is 0 Å². The molecule has 0 saturated carbocycles. The van der Waals surface area contributed by atoms with Crippen molar-refractivity contribution in [2.45, 2.75) is 0 Å². The molecule has 0 radical (unpaired) electrons. The Labute approximate surface area is 259 Å². The van der Waals surface area contributed by atoms with Crippen LogP contribution < -0.4 is 0 Å². The maximum atomic E-state index is 5.00. The molecule has 7 aromatic carbocycles. The van der Waals surface area contributed by atoms with Crippen molar-refractivity contribution in [3.05, 3.63) is 158 Å². The molecule has 0 amide bonds. The molecule has 4 nitrogen and oxygen atoms in total. The summed E-state index contributed by atoms with van der Waals surface area (Å²) in [7, 11) is 0. The topological polar surface area (TPSA) is 43.6 Å². The van der Waals surface area contributed by atoms with Gasteiger partial charge in [0.05, 0.1) is 11.0 Å². The van der Waals surface area contributed by atoms with Crippen LogP contribution in [0.15, 0.2) is 158 Å². The van der Waals surface area contributed by atoms with E-state index in [1.54, 1.807) is 0 Å². The van der Waals surface area contributed by atoms with Crippen LogP contribution in [-0.2, 0) is 0 Å². The standard InChI is InChI=1S/C41H26N4/c1-2-12-29(13-3-1)39-42-40(44-41(43-39)32-19-18-27-10-4-5-14-31(27)26-32)30-20-23-33(24-21-30)45-36-17-9-8-16-35(36)38-34-15-7-6-11-28(34)22-25-37(38)45/h1-26H. The van der Waals surface area contributed by atoms with Gasteiger partial charge in [-0.1, -0.05) is 115 Å². The highest BCUT2D eigenvalue weighted by molar-refractivity contribution is 6.21. The van der Waals surface area contributed by atoms with Crippen molar-refractivity contribution in [2.24, 2.45) is 0 Å². The average Bonchev–Trinajstić information content (AvgIpc) is 3.46.